The first-order valence-corrected chi connectivity index (χ1v) is 17.8. The van der Waals surface area contributed by atoms with Crippen LogP contribution in [0, 0.1) is 0 Å². The van der Waals surface area contributed by atoms with E-state index in [0.717, 1.165) is 77.2 Å². The van der Waals surface area contributed by atoms with E-state index in [1.165, 1.54) is 5.56 Å². The van der Waals surface area contributed by atoms with Gasteiger partial charge in [-0.2, -0.15) is 0 Å². The van der Waals surface area contributed by atoms with Crippen LogP contribution in [0.1, 0.15) is 0 Å². The molecule has 10 rings (SSSR count). The minimum atomic E-state index is 0.597. The number of fused-ring (bicyclic) bond motifs is 5. The summed E-state index contributed by atoms with van der Waals surface area (Å²) in [6, 6.07) is 65.1. The predicted molar refractivity (Wildman–Crippen MR) is 217 cm³/mol. The van der Waals surface area contributed by atoms with Crippen LogP contribution in [0.3, 0.4) is 0 Å². The molecule has 0 atom stereocenters. The number of aromatic nitrogens is 3. The summed E-state index contributed by atoms with van der Waals surface area (Å²) in [5.74, 6) is 1.83. The molecule has 248 valence electrons. The lowest BCUT2D eigenvalue weighted by molar-refractivity contribution is 0.674. The molecule has 0 fully saturated rings. The first-order valence-electron chi connectivity index (χ1n) is 17.8. The topological polar surface area (TPSA) is 51.8 Å². The van der Waals surface area contributed by atoms with E-state index in [4.69, 9.17) is 19.4 Å². The van der Waals surface area contributed by atoms with Crippen molar-refractivity contribution in [1.29, 1.82) is 0 Å². The van der Waals surface area contributed by atoms with Gasteiger partial charge >= 0.3 is 0 Å². The van der Waals surface area contributed by atoms with E-state index in [1.807, 2.05) is 42.5 Å². The molecule has 0 saturated carbocycles. The Bertz CT molecular complexity index is 2900. The van der Waals surface area contributed by atoms with Crippen molar-refractivity contribution in [3.05, 3.63) is 188 Å². The van der Waals surface area contributed by atoms with Crippen LogP contribution in [0.15, 0.2) is 192 Å². The van der Waals surface area contributed by atoms with Crippen LogP contribution in [0.2, 0.25) is 0 Å². The second kappa shape index (κ2) is 12.9. The Morgan fingerprint density at radius 1 is 0.283 bits per heavy atom. The summed E-state index contributed by atoms with van der Waals surface area (Å²) >= 11 is 0. The molecule has 0 aliphatic rings. The number of hydrogen-bond donors (Lipinski definition) is 0. The molecular formula is C49H31N3O. The van der Waals surface area contributed by atoms with Gasteiger partial charge in [0.2, 0.25) is 0 Å². The van der Waals surface area contributed by atoms with Crippen LogP contribution in [0.4, 0.5) is 0 Å². The number of benzene rings is 8. The lowest BCUT2D eigenvalue weighted by Gasteiger charge is -2.11. The van der Waals surface area contributed by atoms with Crippen LogP contribution < -0.4 is 0 Å². The van der Waals surface area contributed by atoms with Gasteiger partial charge in [-0.05, 0) is 51.4 Å². The van der Waals surface area contributed by atoms with Crippen LogP contribution in [0.5, 0.6) is 0 Å². The van der Waals surface area contributed by atoms with E-state index in [2.05, 4.69) is 146 Å². The third-order valence-corrected chi connectivity index (χ3v) is 9.94. The highest BCUT2D eigenvalue weighted by Crippen LogP contribution is 2.42. The summed E-state index contributed by atoms with van der Waals surface area (Å²) in [5.41, 5.74) is 11.1. The van der Waals surface area contributed by atoms with Gasteiger partial charge in [-0.25, -0.2) is 15.0 Å². The molecule has 0 N–H and O–H groups in total. The van der Waals surface area contributed by atoms with Crippen molar-refractivity contribution >= 4 is 32.7 Å². The summed E-state index contributed by atoms with van der Waals surface area (Å²) in [6.45, 7) is 0. The molecule has 10 aromatic rings. The zero-order valence-electron chi connectivity index (χ0n) is 28.6. The summed E-state index contributed by atoms with van der Waals surface area (Å²) in [7, 11) is 0. The second-order valence-corrected chi connectivity index (χ2v) is 13.2. The van der Waals surface area contributed by atoms with E-state index in [0.29, 0.717) is 17.5 Å². The maximum Gasteiger partial charge on any atom is 0.164 e. The Morgan fingerprint density at radius 3 is 1.34 bits per heavy atom. The summed E-state index contributed by atoms with van der Waals surface area (Å²) in [4.78, 5) is 15.3. The lowest BCUT2D eigenvalue weighted by atomic mass is 9.96. The smallest absolute Gasteiger partial charge is 0.164 e. The zero-order valence-corrected chi connectivity index (χ0v) is 28.6. The molecule has 0 unspecified atom stereocenters. The van der Waals surface area contributed by atoms with E-state index in [-0.39, 0.29) is 0 Å². The van der Waals surface area contributed by atoms with Gasteiger partial charge in [-0.3, -0.25) is 0 Å². The quantitative estimate of drug-likeness (QED) is 0.176. The molecule has 4 nitrogen and oxygen atoms in total. The maximum absolute atomic E-state index is 6.84. The Labute approximate surface area is 306 Å². The van der Waals surface area contributed by atoms with Gasteiger partial charge in [-0.1, -0.05) is 170 Å². The van der Waals surface area contributed by atoms with Crippen molar-refractivity contribution < 1.29 is 4.42 Å². The molecule has 0 spiro atoms. The van der Waals surface area contributed by atoms with Crippen molar-refractivity contribution in [3.8, 4) is 67.5 Å². The first-order chi connectivity index (χ1) is 26.2. The number of nitrogens with zero attached hydrogens (tertiary/aromatic N) is 3. The third-order valence-electron chi connectivity index (χ3n) is 9.94. The fourth-order valence-electron chi connectivity index (χ4n) is 7.22. The van der Waals surface area contributed by atoms with Gasteiger partial charge < -0.3 is 4.42 Å². The highest BCUT2D eigenvalue weighted by molar-refractivity contribution is 6.18. The van der Waals surface area contributed by atoms with Gasteiger partial charge in [0.1, 0.15) is 11.2 Å². The van der Waals surface area contributed by atoms with E-state index >= 15 is 0 Å². The minimum Gasteiger partial charge on any atom is -0.455 e. The lowest BCUT2D eigenvalue weighted by Crippen LogP contribution is -2.00. The standard InChI is InChI=1S/C49H31N3O/c1-4-12-32(13-5-1)34-20-24-37(25-21-34)43-30-40(31-44-42-29-28-36-16-10-11-19-41(36)45(42)53-46(43)44)49-51-47(38-17-8-3-9-18-38)50-48(52-49)39-26-22-35(23-27-39)33-14-6-2-7-15-33/h1-31H. The Kier molecular flexibility index (Phi) is 7.43. The molecule has 0 radical (unpaired) electrons. The van der Waals surface area contributed by atoms with Crippen molar-refractivity contribution in [2.75, 3.05) is 0 Å². The van der Waals surface area contributed by atoms with Crippen LogP contribution in [-0.2, 0) is 0 Å². The molecule has 4 heteroatoms. The Morgan fingerprint density at radius 2 is 0.736 bits per heavy atom. The largest absolute Gasteiger partial charge is 0.455 e. The van der Waals surface area contributed by atoms with Gasteiger partial charge in [0, 0.05) is 38.4 Å². The normalized spacial score (nSPS) is 11.4. The molecule has 2 aromatic heterocycles. The third kappa shape index (κ3) is 5.63. The fourth-order valence-corrected chi connectivity index (χ4v) is 7.22. The molecule has 0 bridgehead atoms. The van der Waals surface area contributed by atoms with Crippen molar-refractivity contribution in [2.45, 2.75) is 0 Å². The van der Waals surface area contributed by atoms with Gasteiger partial charge in [0.15, 0.2) is 17.5 Å². The highest BCUT2D eigenvalue weighted by Gasteiger charge is 2.20. The number of furan rings is 1. The monoisotopic (exact) mass is 677 g/mol. The molecule has 53 heavy (non-hydrogen) atoms. The minimum absolute atomic E-state index is 0.597. The van der Waals surface area contributed by atoms with E-state index < -0.39 is 0 Å². The SMILES string of the molecule is c1ccc(-c2ccc(-c3nc(-c4ccccc4)nc(-c4cc(-c5ccc(-c6ccccc6)cc5)c5oc6c7ccccc7ccc6c5c4)n3)cc2)cc1. The summed E-state index contributed by atoms with van der Waals surface area (Å²) in [5, 5.41) is 4.29. The maximum atomic E-state index is 6.84. The number of rotatable bonds is 6. The van der Waals surface area contributed by atoms with Crippen molar-refractivity contribution in [3.63, 3.8) is 0 Å². The average Bonchev–Trinajstić information content (AvgIpc) is 3.64. The molecule has 2 heterocycles. The molecule has 0 amide bonds. The van der Waals surface area contributed by atoms with Gasteiger partial charge in [-0.15, -0.1) is 0 Å². The number of hydrogen-bond acceptors (Lipinski definition) is 4. The fraction of sp³-hybridized carbons (Fsp3) is 0. The molecule has 0 aliphatic heterocycles. The zero-order chi connectivity index (χ0) is 35.1. The predicted octanol–water partition coefficient (Wildman–Crippen LogP) is 12.9. The van der Waals surface area contributed by atoms with Crippen molar-refractivity contribution in [2.24, 2.45) is 0 Å². The molecular weight excluding hydrogens is 647 g/mol. The Balaban J connectivity index is 1.18. The molecule has 0 saturated heterocycles. The van der Waals surface area contributed by atoms with E-state index in [1.54, 1.807) is 0 Å². The average molecular weight is 678 g/mol. The first kappa shape index (κ1) is 30.6. The van der Waals surface area contributed by atoms with E-state index in [9.17, 15) is 0 Å². The van der Waals surface area contributed by atoms with Crippen LogP contribution in [-0.4, -0.2) is 15.0 Å². The summed E-state index contributed by atoms with van der Waals surface area (Å²) in [6.07, 6.45) is 0. The van der Waals surface area contributed by atoms with Crippen molar-refractivity contribution in [1.82, 2.24) is 15.0 Å². The van der Waals surface area contributed by atoms with Gasteiger partial charge in [0.25, 0.3) is 0 Å². The molecule has 0 aliphatic carbocycles. The summed E-state index contributed by atoms with van der Waals surface area (Å²) < 4.78 is 6.84. The van der Waals surface area contributed by atoms with Crippen LogP contribution in [0.25, 0.3) is 100 Å². The van der Waals surface area contributed by atoms with Crippen LogP contribution >= 0.6 is 0 Å². The molecule has 8 aromatic carbocycles. The highest BCUT2D eigenvalue weighted by atomic mass is 16.3. The second-order valence-electron chi connectivity index (χ2n) is 13.2. The van der Waals surface area contributed by atoms with Gasteiger partial charge in [0.05, 0.1) is 0 Å². The Hall–Kier alpha value is -7.17.